The Balaban J connectivity index is 2.25. The van der Waals surface area contributed by atoms with Gasteiger partial charge in [0.1, 0.15) is 11.0 Å². The number of fused-ring (bicyclic) bond motifs is 1. The number of unbranched alkanes of at least 4 members (excludes halogenated alkanes) is 1. The number of carbonyl (C=O) groups is 1. The third-order valence-electron chi connectivity index (χ3n) is 2.73. The Labute approximate surface area is 109 Å². The second-order valence-corrected chi connectivity index (χ2v) is 4.98. The first-order valence-electron chi connectivity index (χ1n) is 5.78. The molecule has 0 bridgehead atoms. The summed E-state index contributed by atoms with van der Waals surface area (Å²) in [4.78, 5) is 11.2. The highest BCUT2D eigenvalue weighted by Crippen LogP contribution is 2.17. The van der Waals surface area contributed by atoms with Gasteiger partial charge in [0.15, 0.2) is 0 Å². The number of nitrogens with zero attached hydrogens (tertiary/aromatic N) is 3. The minimum absolute atomic E-state index is 0.266. The first-order chi connectivity index (χ1) is 8.74. The molecule has 1 aromatic heterocycles. The Bertz CT molecular complexity index is 553. The van der Waals surface area contributed by atoms with Crippen molar-refractivity contribution in [2.75, 3.05) is 12.0 Å². The molecule has 0 saturated heterocycles. The molecule has 0 amide bonds. The van der Waals surface area contributed by atoms with Gasteiger partial charge in [-0.3, -0.25) is 0 Å². The number of hydrogen-bond acceptors (Lipinski definition) is 4. The summed E-state index contributed by atoms with van der Waals surface area (Å²) in [7, 11) is 0. The molecule has 1 N–H and O–H groups in total. The Morgan fingerprint density at radius 1 is 1.44 bits per heavy atom. The van der Waals surface area contributed by atoms with Crippen molar-refractivity contribution in [2.45, 2.75) is 19.4 Å². The van der Waals surface area contributed by atoms with Crippen LogP contribution in [-0.4, -0.2) is 38.1 Å². The molecule has 1 heterocycles. The van der Waals surface area contributed by atoms with Crippen LogP contribution in [0.5, 0.6) is 0 Å². The van der Waals surface area contributed by atoms with Crippen molar-refractivity contribution in [3.63, 3.8) is 0 Å². The zero-order chi connectivity index (χ0) is 13.0. The average Bonchev–Trinajstić information content (AvgIpc) is 2.77. The van der Waals surface area contributed by atoms with E-state index in [1.165, 1.54) is 0 Å². The molecule has 0 fully saturated rings. The van der Waals surface area contributed by atoms with E-state index in [2.05, 4.69) is 16.6 Å². The van der Waals surface area contributed by atoms with Crippen molar-refractivity contribution < 1.29 is 9.90 Å². The predicted molar refractivity (Wildman–Crippen MR) is 72.1 cm³/mol. The fourth-order valence-corrected chi connectivity index (χ4v) is 2.36. The highest BCUT2D eigenvalue weighted by molar-refractivity contribution is 7.98. The summed E-state index contributed by atoms with van der Waals surface area (Å²) in [5, 5.41) is 17.2. The second kappa shape index (κ2) is 5.86. The van der Waals surface area contributed by atoms with E-state index in [9.17, 15) is 4.79 Å². The number of aromatic carboxylic acids is 1. The number of hydrogen-bond donors (Lipinski definition) is 1. The van der Waals surface area contributed by atoms with Gasteiger partial charge in [-0.1, -0.05) is 11.3 Å². The van der Waals surface area contributed by atoms with Crippen LogP contribution in [0.25, 0.3) is 11.0 Å². The van der Waals surface area contributed by atoms with Gasteiger partial charge in [-0.05, 0) is 37.0 Å². The number of rotatable bonds is 6. The number of benzene rings is 1. The standard InChI is InChI=1S/C12H15N3O2S/c1-18-8-3-2-7-15-11-9(12(16)17)5-4-6-10(11)13-14-15/h4-6H,2-3,7-8H2,1H3,(H,16,17). The molecule has 18 heavy (non-hydrogen) atoms. The Kier molecular flexibility index (Phi) is 4.19. The quantitative estimate of drug-likeness (QED) is 0.811. The lowest BCUT2D eigenvalue weighted by Gasteiger charge is -2.04. The van der Waals surface area contributed by atoms with E-state index >= 15 is 0 Å². The maximum Gasteiger partial charge on any atom is 0.337 e. The maximum absolute atomic E-state index is 11.2. The van der Waals surface area contributed by atoms with Crippen molar-refractivity contribution in [3.05, 3.63) is 23.8 Å². The van der Waals surface area contributed by atoms with E-state index in [-0.39, 0.29) is 5.56 Å². The number of aryl methyl sites for hydroxylation is 1. The molecule has 1 aromatic carbocycles. The van der Waals surface area contributed by atoms with Gasteiger partial charge in [0, 0.05) is 6.54 Å². The van der Waals surface area contributed by atoms with E-state index in [1.807, 2.05) is 11.8 Å². The van der Waals surface area contributed by atoms with E-state index in [1.54, 1.807) is 22.9 Å². The Morgan fingerprint density at radius 2 is 2.28 bits per heavy atom. The maximum atomic E-state index is 11.2. The zero-order valence-electron chi connectivity index (χ0n) is 10.2. The molecule has 5 nitrogen and oxygen atoms in total. The fourth-order valence-electron chi connectivity index (χ4n) is 1.87. The van der Waals surface area contributed by atoms with Gasteiger partial charge in [0.05, 0.1) is 5.56 Å². The third kappa shape index (κ3) is 2.64. The number of aromatic nitrogens is 3. The molecule has 2 rings (SSSR count). The molecule has 2 aromatic rings. The molecule has 0 saturated carbocycles. The zero-order valence-corrected chi connectivity index (χ0v) is 11.0. The fraction of sp³-hybridized carbons (Fsp3) is 0.417. The van der Waals surface area contributed by atoms with Crippen molar-refractivity contribution in [1.29, 1.82) is 0 Å². The SMILES string of the molecule is CSCCCCn1nnc2cccc(C(=O)O)c21. The first-order valence-corrected chi connectivity index (χ1v) is 7.18. The summed E-state index contributed by atoms with van der Waals surface area (Å²) in [5.41, 5.74) is 1.52. The molecule has 0 aliphatic carbocycles. The van der Waals surface area contributed by atoms with Gasteiger partial charge in [-0.25, -0.2) is 9.48 Å². The van der Waals surface area contributed by atoms with Gasteiger partial charge in [0.25, 0.3) is 0 Å². The lowest BCUT2D eigenvalue weighted by molar-refractivity contribution is 0.0698. The van der Waals surface area contributed by atoms with E-state index in [0.29, 0.717) is 17.6 Å². The summed E-state index contributed by atoms with van der Waals surface area (Å²) >= 11 is 1.81. The van der Waals surface area contributed by atoms with Crippen LogP contribution in [0.3, 0.4) is 0 Å². The van der Waals surface area contributed by atoms with Gasteiger partial charge in [-0.15, -0.1) is 5.10 Å². The summed E-state index contributed by atoms with van der Waals surface area (Å²) in [6.45, 7) is 0.710. The molecule has 0 atom stereocenters. The third-order valence-corrected chi connectivity index (χ3v) is 3.43. The highest BCUT2D eigenvalue weighted by atomic mass is 32.2. The summed E-state index contributed by atoms with van der Waals surface area (Å²) in [6, 6.07) is 5.07. The van der Waals surface area contributed by atoms with Crippen molar-refractivity contribution in [1.82, 2.24) is 15.0 Å². The Morgan fingerprint density at radius 3 is 3.00 bits per heavy atom. The van der Waals surface area contributed by atoms with Crippen molar-refractivity contribution in [2.24, 2.45) is 0 Å². The van der Waals surface area contributed by atoms with Gasteiger partial charge >= 0.3 is 5.97 Å². The van der Waals surface area contributed by atoms with Gasteiger partial charge in [0.2, 0.25) is 0 Å². The molecule has 0 radical (unpaired) electrons. The molecule has 0 spiro atoms. The van der Waals surface area contributed by atoms with E-state index < -0.39 is 5.97 Å². The number of carboxylic acids is 1. The van der Waals surface area contributed by atoms with Crippen molar-refractivity contribution >= 4 is 28.8 Å². The van der Waals surface area contributed by atoms with Gasteiger partial charge in [-0.2, -0.15) is 11.8 Å². The topological polar surface area (TPSA) is 68.0 Å². The number of para-hydroxylation sites is 1. The Hall–Kier alpha value is -1.56. The number of thioether (sulfide) groups is 1. The number of carboxylic acid groups (broad SMARTS) is 1. The summed E-state index contributed by atoms with van der Waals surface area (Å²) < 4.78 is 1.69. The van der Waals surface area contributed by atoms with Crippen LogP contribution in [0.4, 0.5) is 0 Å². The van der Waals surface area contributed by atoms with Crippen LogP contribution in [0.2, 0.25) is 0 Å². The molecule has 0 aliphatic rings. The van der Waals surface area contributed by atoms with Crippen LogP contribution in [-0.2, 0) is 6.54 Å². The van der Waals surface area contributed by atoms with Crippen LogP contribution in [0, 0.1) is 0 Å². The minimum atomic E-state index is -0.937. The second-order valence-electron chi connectivity index (χ2n) is 3.99. The predicted octanol–water partition coefficient (Wildman–Crippen LogP) is 2.27. The first kappa shape index (κ1) is 12.9. The van der Waals surface area contributed by atoms with Gasteiger partial charge < -0.3 is 5.11 Å². The largest absolute Gasteiger partial charge is 0.478 e. The smallest absolute Gasteiger partial charge is 0.337 e. The molecule has 6 heteroatoms. The summed E-state index contributed by atoms with van der Waals surface area (Å²) in [6.07, 6.45) is 4.15. The summed E-state index contributed by atoms with van der Waals surface area (Å²) in [5.74, 6) is 0.173. The molecule has 0 unspecified atom stereocenters. The normalized spacial score (nSPS) is 10.9. The molecule has 0 aliphatic heterocycles. The van der Waals surface area contributed by atoms with Crippen LogP contribution < -0.4 is 0 Å². The molecule has 96 valence electrons. The minimum Gasteiger partial charge on any atom is -0.478 e. The molecular weight excluding hydrogens is 250 g/mol. The van der Waals surface area contributed by atoms with Crippen LogP contribution >= 0.6 is 11.8 Å². The van der Waals surface area contributed by atoms with Crippen LogP contribution in [0.1, 0.15) is 23.2 Å². The van der Waals surface area contributed by atoms with Crippen LogP contribution in [0.15, 0.2) is 18.2 Å². The van der Waals surface area contributed by atoms with Crippen molar-refractivity contribution in [3.8, 4) is 0 Å². The molecular formula is C12H15N3O2S. The lowest BCUT2D eigenvalue weighted by Crippen LogP contribution is -2.05. The average molecular weight is 265 g/mol. The monoisotopic (exact) mass is 265 g/mol. The van der Waals surface area contributed by atoms with E-state index in [4.69, 9.17) is 5.11 Å². The lowest BCUT2D eigenvalue weighted by atomic mass is 10.2. The van der Waals surface area contributed by atoms with E-state index in [0.717, 1.165) is 18.6 Å². The highest BCUT2D eigenvalue weighted by Gasteiger charge is 2.13.